The zero-order valence-electron chi connectivity index (χ0n) is 13.4. The van der Waals surface area contributed by atoms with Crippen LogP contribution < -0.4 is 4.74 Å². The Morgan fingerprint density at radius 2 is 2.14 bits per heavy atom. The van der Waals surface area contributed by atoms with Crippen molar-refractivity contribution in [1.29, 1.82) is 0 Å². The molecule has 0 radical (unpaired) electrons. The smallest absolute Gasteiger partial charge is 0.193 e. The maximum absolute atomic E-state index is 12.7. The lowest BCUT2D eigenvalue weighted by atomic mass is 9.97. The van der Waals surface area contributed by atoms with Crippen molar-refractivity contribution in [2.45, 2.75) is 33.3 Å². The highest BCUT2D eigenvalue weighted by molar-refractivity contribution is 6.01. The van der Waals surface area contributed by atoms with Gasteiger partial charge in [-0.25, -0.2) is 0 Å². The topological polar surface area (TPSA) is 38.8 Å². The average molecular weight is 291 g/mol. The van der Waals surface area contributed by atoms with Gasteiger partial charge < -0.3 is 9.47 Å². The van der Waals surface area contributed by atoms with E-state index in [9.17, 15) is 4.79 Å². The molecular weight excluding hydrogens is 266 g/mol. The van der Waals surface area contributed by atoms with Crippen LogP contribution in [0.25, 0.3) is 0 Å². The van der Waals surface area contributed by atoms with Crippen LogP contribution in [0, 0.1) is 13.8 Å². The number of methoxy groups -OCH3 is 1. The molecule has 0 aliphatic carbocycles. The Labute approximate surface area is 127 Å². The molecule has 1 aromatic rings. The third kappa shape index (κ3) is 3.63. The van der Waals surface area contributed by atoms with E-state index in [1.54, 1.807) is 7.11 Å². The molecule has 21 heavy (non-hydrogen) atoms. The van der Waals surface area contributed by atoms with Crippen LogP contribution in [0.15, 0.2) is 12.1 Å². The second-order valence-corrected chi connectivity index (χ2v) is 5.66. The Morgan fingerprint density at radius 1 is 1.38 bits per heavy atom. The highest BCUT2D eigenvalue weighted by Gasteiger charge is 2.28. The van der Waals surface area contributed by atoms with Gasteiger partial charge in [-0.1, -0.05) is 6.92 Å². The monoisotopic (exact) mass is 291 g/mol. The Balaban J connectivity index is 2.18. The summed E-state index contributed by atoms with van der Waals surface area (Å²) in [6.45, 7) is 9.32. The molecule has 1 aliphatic heterocycles. The van der Waals surface area contributed by atoms with Gasteiger partial charge in [-0.2, -0.15) is 0 Å². The first-order valence-electron chi connectivity index (χ1n) is 7.60. The van der Waals surface area contributed by atoms with E-state index in [0.717, 1.165) is 42.0 Å². The van der Waals surface area contributed by atoms with Gasteiger partial charge in [0.05, 0.1) is 13.7 Å². The van der Waals surface area contributed by atoms with Gasteiger partial charge in [0.15, 0.2) is 5.78 Å². The van der Waals surface area contributed by atoms with Gasteiger partial charge in [-0.05, 0) is 50.1 Å². The maximum atomic E-state index is 12.7. The molecule has 1 aliphatic rings. The van der Waals surface area contributed by atoms with Crippen molar-refractivity contribution in [3.8, 4) is 5.75 Å². The number of hydrogen-bond acceptors (Lipinski definition) is 4. The minimum atomic E-state index is -0.350. The molecule has 0 saturated carbocycles. The van der Waals surface area contributed by atoms with Crippen LogP contribution in [-0.4, -0.2) is 50.1 Å². The van der Waals surface area contributed by atoms with Gasteiger partial charge in [-0.3, -0.25) is 9.69 Å². The Bertz CT molecular complexity index is 511. The number of hydrogen-bond donors (Lipinski definition) is 0. The van der Waals surface area contributed by atoms with Gasteiger partial charge in [0.25, 0.3) is 0 Å². The highest BCUT2D eigenvalue weighted by atomic mass is 16.5. The molecule has 1 unspecified atom stereocenters. The molecule has 0 spiro atoms. The number of carbonyl (C=O) groups is 1. The standard InChI is InChI=1S/C17H25NO3/c1-5-6-18-7-8-21-16(11-18)17(19)14-9-13(3)15(20-4)10-12(14)2/h9-10,16H,5-8,11H2,1-4H3. The molecule has 1 aromatic carbocycles. The van der Waals surface area contributed by atoms with Crippen LogP contribution in [0.1, 0.15) is 34.8 Å². The summed E-state index contributed by atoms with van der Waals surface area (Å²) in [5, 5.41) is 0. The largest absolute Gasteiger partial charge is 0.496 e. The number of morpholine rings is 1. The third-order valence-corrected chi connectivity index (χ3v) is 3.99. The van der Waals surface area contributed by atoms with E-state index in [-0.39, 0.29) is 11.9 Å². The minimum absolute atomic E-state index is 0.0825. The molecule has 0 N–H and O–H groups in total. The van der Waals surface area contributed by atoms with E-state index >= 15 is 0 Å². The fourth-order valence-electron chi connectivity index (χ4n) is 2.83. The summed E-state index contributed by atoms with van der Waals surface area (Å²) < 4.78 is 11.0. The van der Waals surface area contributed by atoms with E-state index in [4.69, 9.17) is 9.47 Å². The lowest BCUT2D eigenvalue weighted by molar-refractivity contribution is -0.0164. The molecule has 116 valence electrons. The summed E-state index contributed by atoms with van der Waals surface area (Å²) in [6, 6.07) is 3.84. The first-order chi connectivity index (χ1) is 10.1. The van der Waals surface area contributed by atoms with Crippen molar-refractivity contribution in [2.75, 3.05) is 33.4 Å². The number of benzene rings is 1. The van der Waals surface area contributed by atoms with Crippen LogP contribution in [0.3, 0.4) is 0 Å². The molecular formula is C17H25NO3. The predicted molar refractivity (Wildman–Crippen MR) is 83.3 cm³/mol. The van der Waals surface area contributed by atoms with Gasteiger partial charge in [0.1, 0.15) is 11.9 Å². The SMILES string of the molecule is CCCN1CCOC(C(=O)c2cc(C)c(OC)cc2C)C1. The summed E-state index contributed by atoms with van der Waals surface area (Å²) in [5.74, 6) is 0.903. The summed E-state index contributed by atoms with van der Waals surface area (Å²) in [5.41, 5.74) is 2.67. The number of rotatable bonds is 5. The van der Waals surface area contributed by atoms with Crippen molar-refractivity contribution in [3.05, 3.63) is 28.8 Å². The Kier molecular flexibility index (Phi) is 5.37. The van der Waals surface area contributed by atoms with E-state index in [0.29, 0.717) is 13.2 Å². The van der Waals surface area contributed by atoms with Crippen molar-refractivity contribution in [2.24, 2.45) is 0 Å². The van der Waals surface area contributed by atoms with Gasteiger partial charge in [0, 0.05) is 18.7 Å². The van der Waals surface area contributed by atoms with E-state index in [1.807, 2.05) is 26.0 Å². The van der Waals surface area contributed by atoms with Gasteiger partial charge in [-0.15, -0.1) is 0 Å². The van der Waals surface area contributed by atoms with Crippen LogP contribution in [-0.2, 0) is 4.74 Å². The molecule has 0 amide bonds. The molecule has 0 aromatic heterocycles. The van der Waals surface area contributed by atoms with Crippen molar-refractivity contribution in [3.63, 3.8) is 0 Å². The summed E-state index contributed by atoms with van der Waals surface area (Å²) in [7, 11) is 1.65. The molecule has 4 heteroatoms. The zero-order valence-corrected chi connectivity index (χ0v) is 13.4. The summed E-state index contributed by atoms with van der Waals surface area (Å²) >= 11 is 0. The van der Waals surface area contributed by atoms with Gasteiger partial charge >= 0.3 is 0 Å². The first kappa shape index (κ1) is 16.0. The number of nitrogens with zero attached hydrogens (tertiary/aromatic N) is 1. The van der Waals surface area contributed by atoms with Crippen LogP contribution in [0.4, 0.5) is 0 Å². The van der Waals surface area contributed by atoms with Crippen LogP contribution >= 0.6 is 0 Å². The van der Waals surface area contributed by atoms with E-state index in [2.05, 4.69) is 11.8 Å². The van der Waals surface area contributed by atoms with E-state index in [1.165, 1.54) is 0 Å². The quantitative estimate of drug-likeness (QED) is 0.782. The second-order valence-electron chi connectivity index (χ2n) is 5.66. The molecule has 0 bridgehead atoms. The molecule has 1 heterocycles. The minimum Gasteiger partial charge on any atom is -0.496 e. The molecule has 1 saturated heterocycles. The Hall–Kier alpha value is -1.39. The molecule has 1 fully saturated rings. The number of aryl methyl sites for hydroxylation is 2. The first-order valence-corrected chi connectivity index (χ1v) is 7.60. The summed E-state index contributed by atoms with van der Waals surface area (Å²) in [4.78, 5) is 15.0. The molecule has 1 atom stereocenters. The number of ether oxygens (including phenoxy) is 2. The molecule has 2 rings (SSSR count). The number of Topliss-reactive ketones (excluding diaryl/α,β-unsaturated/α-hetero) is 1. The van der Waals surface area contributed by atoms with E-state index < -0.39 is 0 Å². The predicted octanol–water partition coefficient (Wildman–Crippen LogP) is 2.61. The number of ketones is 1. The lowest BCUT2D eigenvalue weighted by Gasteiger charge is -2.32. The van der Waals surface area contributed by atoms with Crippen molar-refractivity contribution >= 4 is 5.78 Å². The van der Waals surface area contributed by atoms with Crippen molar-refractivity contribution in [1.82, 2.24) is 4.90 Å². The fraction of sp³-hybridized carbons (Fsp3) is 0.588. The van der Waals surface area contributed by atoms with Crippen LogP contribution in [0.5, 0.6) is 5.75 Å². The van der Waals surface area contributed by atoms with Crippen molar-refractivity contribution < 1.29 is 14.3 Å². The molecule has 4 nitrogen and oxygen atoms in total. The lowest BCUT2D eigenvalue weighted by Crippen LogP contribution is -2.46. The highest BCUT2D eigenvalue weighted by Crippen LogP contribution is 2.24. The maximum Gasteiger partial charge on any atom is 0.193 e. The van der Waals surface area contributed by atoms with Crippen LogP contribution in [0.2, 0.25) is 0 Å². The Morgan fingerprint density at radius 3 is 2.81 bits per heavy atom. The zero-order chi connectivity index (χ0) is 15.4. The normalized spacial score (nSPS) is 19.5. The third-order valence-electron chi connectivity index (χ3n) is 3.99. The van der Waals surface area contributed by atoms with Gasteiger partial charge in [0.2, 0.25) is 0 Å². The second kappa shape index (κ2) is 7.05. The fourth-order valence-corrected chi connectivity index (χ4v) is 2.83. The average Bonchev–Trinajstić information content (AvgIpc) is 2.49. The summed E-state index contributed by atoms with van der Waals surface area (Å²) in [6.07, 6.45) is 0.749. The number of carbonyl (C=O) groups excluding carboxylic acids is 1.